The molecule has 1 N–H and O–H groups in total. The second kappa shape index (κ2) is 7.65. The van der Waals surface area contributed by atoms with Crippen LogP contribution in [-0.2, 0) is 17.7 Å². The van der Waals surface area contributed by atoms with Crippen molar-refractivity contribution in [2.45, 2.75) is 31.6 Å². The fourth-order valence-electron chi connectivity index (χ4n) is 4.04. The van der Waals surface area contributed by atoms with E-state index in [1.807, 2.05) is 0 Å². The summed E-state index contributed by atoms with van der Waals surface area (Å²) in [5.41, 5.74) is -0.320. The molecular formula is C20H18F2N4O4S. The number of carbonyl (C=O) groups is 1. The first kappa shape index (κ1) is 20.0. The molecule has 2 atom stereocenters. The SMILES string of the molecule is O=C1c2c(O)c(=O)c(-c3nnc(CC4=C(F)CC(F)C=C4)s3)cn2C[C@@H]2COCCN12. The Bertz CT molecular complexity index is 1190. The van der Waals surface area contributed by atoms with Crippen molar-refractivity contribution in [1.29, 1.82) is 0 Å². The van der Waals surface area contributed by atoms with E-state index < -0.39 is 29.1 Å². The maximum absolute atomic E-state index is 14.0. The third-order valence-corrected chi connectivity index (χ3v) is 6.58. The summed E-state index contributed by atoms with van der Waals surface area (Å²) in [6.07, 6.45) is 2.68. The highest BCUT2D eigenvalue weighted by atomic mass is 32.1. The van der Waals surface area contributed by atoms with Crippen LogP contribution in [-0.4, -0.2) is 62.7 Å². The van der Waals surface area contributed by atoms with Gasteiger partial charge in [-0.15, -0.1) is 10.2 Å². The van der Waals surface area contributed by atoms with Crippen molar-refractivity contribution in [2.24, 2.45) is 0 Å². The average molecular weight is 448 g/mol. The molecule has 0 saturated carbocycles. The van der Waals surface area contributed by atoms with Crippen LogP contribution in [0, 0.1) is 0 Å². The number of fused-ring (bicyclic) bond motifs is 2. The van der Waals surface area contributed by atoms with E-state index in [4.69, 9.17) is 4.74 Å². The van der Waals surface area contributed by atoms with E-state index in [9.17, 15) is 23.5 Å². The predicted molar refractivity (Wildman–Crippen MR) is 107 cm³/mol. The Labute approximate surface area is 179 Å². The smallest absolute Gasteiger partial charge is 0.274 e. The molecule has 2 aromatic heterocycles. The normalized spacial score (nSPS) is 23.2. The number of rotatable bonds is 3. The van der Waals surface area contributed by atoms with Gasteiger partial charge < -0.3 is 19.3 Å². The highest BCUT2D eigenvalue weighted by molar-refractivity contribution is 7.14. The molecule has 1 amide bonds. The summed E-state index contributed by atoms with van der Waals surface area (Å²) >= 11 is 1.08. The van der Waals surface area contributed by atoms with Crippen LogP contribution in [0.5, 0.6) is 5.75 Å². The highest BCUT2D eigenvalue weighted by Crippen LogP contribution is 2.31. The second-order valence-electron chi connectivity index (χ2n) is 7.64. The summed E-state index contributed by atoms with van der Waals surface area (Å²) < 4.78 is 34.2. The fraction of sp³-hybridized carbons (Fsp3) is 0.400. The Hall–Kier alpha value is -2.92. The number of carbonyl (C=O) groups excluding carboxylic acids is 1. The van der Waals surface area contributed by atoms with Crippen molar-refractivity contribution in [3.8, 4) is 16.3 Å². The topological polar surface area (TPSA) is 97.5 Å². The number of halogens is 2. The summed E-state index contributed by atoms with van der Waals surface area (Å²) in [5, 5.41) is 19.3. The van der Waals surface area contributed by atoms with Gasteiger partial charge in [-0.25, -0.2) is 8.78 Å². The average Bonchev–Trinajstić information content (AvgIpc) is 3.21. The van der Waals surface area contributed by atoms with Crippen LogP contribution in [0.3, 0.4) is 0 Å². The lowest BCUT2D eigenvalue weighted by Crippen LogP contribution is -2.54. The Kier molecular flexibility index (Phi) is 4.94. The highest BCUT2D eigenvalue weighted by Gasteiger charge is 2.37. The molecule has 0 spiro atoms. The van der Waals surface area contributed by atoms with Crippen LogP contribution >= 0.6 is 11.3 Å². The van der Waals surface area contributed by atoms with Gasteiger partial charge in [0.2, 0.25) is 5.43 Å². The number of aromatic hydroxyl groups is 1. The van der Waals surface area contributed by atoms with Crippen LogP contribution in [0.15, 0.2) is 34.5 Å². The number of pyridine rings is 1. The lowest BCUT2D eigenvalue weighted by molar-refractivity contribution is -0.0140. The minimum Gasteiger partial charge on any atom is -0.503 e. The Morgan fingerprint density at radius 2 is 2.16 bits per heavy atom. The quantitative estimate of drug-likeness (QED) is 0.772. The van der Waals surface area contributed by atoms with Gasteiger partial charge in [-0.1, -0.05) is 17.4 Å². The first-order valence-electron chi connectivity index (χ1n) is 9.80. The first-order valence-corrected chi connectivity index (χ1v) is 10.6. The van der Waals surface area contributed by atoms with Gasteiger partial charge in [-0.05, 0) is 11.6 Å². The predicted octanol–water partition coefficient (Wildman–Crippen LogP) is 1.99. The van der Waals surface area contributed by atoms with Crippen LogP contribution in [0.4, 0.5) is 8.78 Å². The molecule has 31 heavy (non-hydrogen) atoms. The van der Waals surface area contributed by atoms with Crippen LogP contribution < -0.4 is 5.43 Å². The zero-order valence-corrected chi connectivity index (χ0v) is 17.1. The lowest BCUT2D eigenvalue weighted by atomic mass is 10.0. The van der Waals surface area contributed by atoms with Crippen molar-refractivity contribution >= 4 is 17.2 Å². The number of aromatic nitrogens is 3. The first-order chi connectivity index (χ1) is 14.9. The van der Waals surface area contributed by atoms with Gasteiger partial charge in [0, 0.05) is 32.1 Å². The van der Waals surface area contributed by atoms with E-state index in [1.165, 1.54) is 18.3 Å². The zero-order chi connectivity index (χ0) is 21.7. The molecule has 4 heterocycles. The van der Waals surface area contributed by atoms with E-state index in [0.717, 1.165) is 11.3 Å². The number of amides is 1. The number of nitrogens with zero attached hydrogens (tertiary/aromatic N) is 4. The molecule has 1 saturated heterocycles. The molecule has 3 aliphatic rings. The van der Waals surface area contributed by atoms with Gasteiger partial charge >= 0.3 is 0 Å². The largest absolute Gasteiger partial charge is 0.503 e. The minimum absolute atomic E-state index is 0.0445. The number of hydrogen-bond donors (Lipinski definition) is 1. The van der Waals surface area contributed by atoms with E-state index >= 15 is 0 Å². The van der Waals surface area contributed by atoms with E-state index in [1.54, 1.807) is 9.47 Å². The summed E-state index contributed by atoms with van der Waals surface area (Å²) in [6.45, 7) is 1.57. The van der Waals surface area contributed by atoms with Gasteiger partial charge in [0.05, 0.1) is 24.8 Å². The number of ether oxygens (including phenoxy) is 1. The summed E-state index contributed by atoms with van der Waals surface area (Å²) in [6, 6.07) is -0.180. The Morgan fingerprint density at radius 3 is 2.97 bits per heavy atom. The molecule has 2 aromatic rings. The van der Waals surface area contributed by atoms with Crippen molar-refractivity contribution in [3.05, 3.63) is 50.7 Å². The van der Waals surface area contributed by atoms with Crippen LogP contribution in [0.2, 0.25) is 0 Å². The van der Waals surface area contributed by atoms with Crippen molar-refractivity contribution in [1.82, 2.24) is 19.7 Å². The number of hydrogen-bond acceptors (Lipinski definition) is 7. The molecule has 0 bridgehead atoms. The van der Waals surface area contributed by atoms with Crippen LogP contribution in [0.25, 0.3) is 10.6 Å². The summed E-state index contributed by atoms with van der Waals surface area (Å²) in [4.78, 5) is 27.2. The van der Waals surface area contributed by atoms with E-state index in [0.29, 0.717) is 36.9 Å². The maximum Gasteiger partial charge on any atom is 0.274 e. The summed E-state index contributed by atoms with van der Waals surface area (Å²) in [5.74, 6) is -1.56. The number of alkyl halides is 1. The Morgan fingerprint density at radius 1 is 1.32 bits per heavy atom. The minimum atomic E-state index is -1.33. The molecule has 5 rings (SSSR count). The molecule has 2 aliphatic heterocycles. The summed E-state index contributed by atoms with van der Waals surface area (Å²) in [7, 11) is 0. The standard InChI is InChI=1S/C20H18F2N4O4S/c21-11-2-1-10(14(22)6-11)5-15-23-24-19(31-15)13-8-25-7-12-9-30-4-3-26(12)20(29)16(25)18(28)17(13)27/h1-2,8,11-12,28H,3-7,9H2/t11?,12-/m1/s1. The van der Waals surface area contributed by atoms with Gasteiger partial charge in [0.1, 0.15) is 17.0 Å². The molecule has 1 unspecified atom stereocenters. The Balaban J connectivity index is 1.48. The lowest BCUT2D eigenvalue weighted by Gasteiger charge is -2.40. The molecule has 1 fully saturated rings. The van der Waals surface area contributed by atoms with E-state index in [-0.39, 0.29) is 35.1 Å². The van der Waals surface area contributed by atoms with Gasteiger partial charge in [-0.3, -0.25) is 9.59 Å². The number of allylic oxidation sites excluding steroid dienone is 4. The van der Waals surface area contributed by atoms with Crippen molar-refractivity contribution in [3.63, 3.8) is 0 Å². The van der Waals surface area contributed by atoms with Crippen molar-refractivity contribution < 1.29 is 23.4 Å². The molecular weight excluding hydrogens is 430 g/mol. The van der Waals surface area contributed by atoms with Crippen LogP contribution in [0.1, 0.15) is 21.9 Å². The maximum atomic E-state index is 14.0. The molecule has 162 valence electrons. The third kappa shape index (κ3) is 3.47. The third-order valence-electron chi connectivity index (χ3n) is 5.62. The molecule has 11 heteroatoms. The van der Waals surface area contributed by atoms with Gasteiger partial charge in [0.25, 0.3) is 5.91 Å². The molecule has 0 aromatic carbocycles. The second-order valence-corrected chi connectivity index (χ2v) is 8.70. The van der Waals surface area contributed by atoms with E-state index in [2.05, 4.69) is 10.2 Å². The molecule has 1 aliphatic carbocycles. The molecule has 8 nitrogen and oxygen atoms in total. The monoisotopic (exact) mass is 448 g/mol. The van der Waals surface area contributed by atoms with Gasteiger partial charge in [0.15, 0.2) is 16.5 Å². The van der Waals surface area contributed by atoms with Crippen molar-refractivity contribution in [2.75, 3.05) is 19.8 Å². The number of morpholine rings is 1. The zero-order valence-electron chi connectivity index (χ0n) is 16.3. The van der Waals surface area contributed by atoms with Gasteiger partial charge in [-0.2, -0.15) is 0 Å². The fourth-order valence-corrected chi connectivity index (χ4v) is 4.91. The molecule has 0 radical (unpaired) electrons.